The van der Waals surface area contributed by atoms with Crippen molar-refractivity contribution in [3.63, 3.8) is 0 Å². The van der Waals surface area contributed by atoms with Crippen LogP contribution in [0.25, 0.3) is 18.2 Å². The van der Waals surface area contributed by atoms with Crippen LogP contribution in [0.5, 0.6) is 17.2 Å². The van der Waals surface area contributed by atoms with Gasteiger partial charge < -0.3 is 35.1 Å². The molecule has 5 amide bonds. The fraction of sp³-hybridized carbons (Fsp3) is 0.414. The summed E-state index contributed by atoms with van der Waals surface area (Å²) in [7, 11) is 0. The number of ether oxygens (including phenoxy) is 3. The van der Waals surface area contributed by atoms with Crippen molar-refractivity contribution >= 4 is 111 Å². The molecule has 6 heterocycles. The number of carboxylic acid groups (broad SMARTS) is 1. The second-order valence-corrected chi connectivity index (χ2v) is 24.7. The standard InChI is InChI=1S/C24H31FN4O5S.C20H23FN4O5S.C14H14FN3O2S/c1-14(2)19(21(31)34-24(3,4)5)27-23(32)33-17-13-16(25)9-8-15(17)12-18-20(30)28-22(35-18)29-11-7-6-10-26-29;1-11(2)16(18(27)28)23-20(29)30-14-10-13(21)6-5-12(14)9-15-17(26)24-19(31-15)25-8-4-3-7-22-25;15-10-4-3-9(11(19)8-10)7-12-13(20)17-14(21-12)18-6-2-1-5-16-18/h8-9,12-14,19,26H,6-7,10-11H2,1-5H3,(H,27,32);5-6,9-11,16,22H,3-4,7-8H2,1-2H3,(H,23,29)(H,27,28);3-4,7-8,16,19H,1-2,5-6H2/b18-12+;15-9+;12-7-/t19-;16-;/m00./s1. The minimum atomic E-state index is -1.21. The number of amides is 5. The first-order chi connectivity index (χ1) is 41.3. The monoisotopic (exact) mass is 1260 g/mol. The molecule has 87 heavy (non-hydrogen) atoms. The number of rotatable bonds is 11. The lowest BCUT2D eigenvalue weighted by Gasteiger charge is -2.28. The minimum absolute atomic E-state index is 0.0976. The molecule has 0 bridgehead atoms. The summed E-state index contributed by atoms with van der Waals surface area (Å²) in [5, 5.41) is 30.9. The van der Waals surface area contributed by atoms with Crippen molar-refractivity contribution in [1.29, 1.82) is 0 Å². The Kier molecular flexibility index (Phi) is 23.6. The molecule has 466 valence electrons. The number of phenolic OH excluding ortho intramolecular Hbond substituents is 1. The number of carbonyl (C=O) groups excluding carboxylic acids is 6. The zero-order valence-electron chi connectivity index (χ0n) is 48.7. The van der Waals surface area contributed by atoms with E-state index in [1.54, 1.807) is 48.5 Å². The summed E-state index contributed by atoms with van der Waals surface area (Å²) in [5.74, 6) is -5.92. The molecule has 9 rings (SSSR count). The van der Waals surface area contributed by atoms with E-state index >= 15 is 0 Å². The summed E-state index contributed by atoms with van der Waals surface area (Å²) in [6.45, 7) is 16.7. The van der Waals surface area contributed by atoms with Gasteiger partial charge in [0.2, 0.25) is 0 Å². The molecule has 0 aromatic heterocycles. The summed E-state index contributed by atoms with van der Waals surface area (Å²) in [6.07, 6.45) is 8.75. The lowest BCUT2D eigenvalue weighted by Crippen LogP contribution is -2.48. The highest BCUT2D eigenvalue weighted by Crippen LogP contribution is 2.36. The van der Waals surface area contributed by atoms with Crippen LogP contribution in [0.15, 0.2) is 84.3 Å². The number of nitrogens with one attached hydrogen (secondary N) is 5. The lowest BCUT2D eigenvalue weighted by atomic mass is 10.0. The first kappa shape index (κ1) is 66.8. The third-order valence-electron chi connectivity index (χ3n) is 12.9. The molecule has 3 fully saturated rings. The summed E-state index contributed by atoms with van der Waals surface area (Å²) >= 11 is 3.61. The summed E-state index contributed by atoms with van der Waals surface area (Å²) in [6, 6.07) is 8.75. The highest BCUT2D eigenvalue weighted by molar-refractivity contribution is 8.19. The Hall–Kier alpha value is -7.70. The molecule has 0 spiro atoms. The smallest absolute Gasteiger partial charge is 0.413 e. The van der Waals surface area contributed by atoms with Gasteiger partial charge in [0, 0.05) is 74.2 Å². The molecule has 23 nitrogen and oxygen atoms in total. The highest BCUT2D eigenvalue weighted by Gasteiger charge is 2.33. The van der Waals surface area contributed by atoms with Crippen molar-refractivity contribution < 1.29 is 71.2 Å². The van der Waals surface area contributed by atoms with Gasteiger partial charge in [0.05, 0.1) is 14.7 Å². The predicted molar refractivity (Wildman–Crippen MR) is 326 cm³/mol. The molecule has 7 N–H and O–H groups in total. The van der Waals surface area contributed by atoms with Gasteiger partial charge >= 0.3 is 24.1 Å². The van der Waals surface area contributed by atoms with Gasteiger partial charge in [-0.3, -0.25) is 29.4 Å². The van der Waals surface area contributed by atoms with Gasteiger partial charge in [-0.15, -0.1) is 0 Å². The number of nitrogens with zero attached hydrogens (tertiary/aromatic N) is 6. The largest absolute Gasteiger partial charge is 0.507 e. The number of thioether (sulfide) groups is 3. The number of hydrazine groups is 3. The topological polar surface area (TPSA) is 295 Å². The second kappa shape index (κ2) is 30.8. The molecule has 29 heteroatoms. The van der Waals surface area contributed by atoms with Crippen LogP contribution in [0.4, 0.5) is 22.8 Å². The number of halogens is 3. The average Bonchev–Trinajstić information content (AvgIpc) is 3.62. The number of aromatic hydroxyl groups is 1. The molecular formula is C58H68F3N11O12S3. The molecule has 3 aromatic carbocycles. The highest BCUT2D eigenvalue weighted by atomic mass is 32.2. The minimum Gasteiger partial charge on any atom is -0.507 e. The van der Waals surface area contributed by atoms with Gasteiger partial charge in [0.25, 0.3) is 17.7 Å². The molecule has 0 unspecified atom stereocenters. The zero-order chi connectivity index (χ0) is 63.1. The van der Waals surface area contributed by atoms with Crippen LogP contribution in [0.3, 0.4) is 0 Å². The third-order valence-corrected chi connectivity index (χ3v) is 15.9. The van der Waals surface area contributed by atoms with E-state index in [2.05, 4.69) is 41.9 Å². The number of benzene rings is 3. The Morgan fingerprint density at radius 3 is 1.26 bits per heavy atom. The first-order valence-corrected chi connectivity index (χ1v) is 30.4. The maximum atomic E-state index is 14.0. The van der Waals surface area contributed by atoms with E-state index in [4.69, 9.17) is 14.2 Å². The van der Waals surface area contributed by atoms with Gasteiger partial charge in [-0.25, -0.2) is 48.6 Å². The van der Waals surface area contributed by atoms with Crippen LogP contribution in [-0.2, 0) is 28.7 Å². The van der Waals surface area contributed by atoms with Crippen LogP contribution in [0.2, 0.25) is 0 Å². The third kappa shape index (κ3) is 19.7. The van der Waals surface area contributed by atoms with Crippen molar-refractivity contribution in [2.24, 2.45) is 26.8 Å². The molecule has 6 aliphatic rings. The van der Waals surface area contributed by atoms with Crippen LogP contribution in [0.1, 0.15) is 104 Å². The Bertz CT molecular complexity index is 3300. The first-order valence-electron chi connectivity index (χ1n) is 27.9. The predicted octanol–water partition coefficient (Wildman–Crippen LogP) is 8.55. The van der Waals surface area contributed by atoms with Gasteiger partial charge in [0.15, 0.2) is 15.5 Å². The van der Waals surface area contributed by atoms with Crippen molar-refractivity contribution in [2.75, 3.05) is 39.3 Å². The molecular weight excluding hydrogens is 1200 g/mol. The molecule has 0 radical (unpaired) electrons. The van der Waals surface area contributed by atoms with Crippen LogP contribution >= 0.6 is 35.3 Å². The number of carboxylic acids is 1. The van der Waals surface area contributed by atoms with E-state index in [0.717, 1.165) is 96.0 Å². The maximum absolute atomic E-state index is 14.0. The van der Waals surface area contributed by atoms with Crippen molar-refractivity contribution in [2.45, 2.75) is 105 Å². The van der Waals surface area contributed by atoms with Crippen molar-refractivity contribution in [1.82, 2.24) is 41.9 Å². The van der Waals surface area contributed by atoms with Crippen LogP contribution in [-0.4, -0.2) is 140 Å². The molecule has 0 aliphatic carbocycles. The molecule has 3 saturated heterocycles. The fourth-order valence-corrected chi connectivity index (χ4v) is 11.2. The summed E-state index contributed by atoms with van der Waals surface area (Å²) < 4.78 is 56.6. The summed E-state index contributed by atoms with van der Waals surface area (Å²) in [4.78, 5) is 98.5. The number of hydrogen-bond donors (Lipinski definition) is 7. The van der Waals surface area contributed by atoms with E-state index in [1.165, 1.54) is 89.9 Å². The van der Waals surface area contributed by atoms with Gasteiger partial charge in [-0.05, 0) is 161 Å². The van der Waals surface area contributed by atoms with E-state index < -0.39 is 71.1 Å². The maximum Gasteiger partial charge on any atom is 0.413 e. The molecule has 3 aromatic rings. The Balaban J connectivity index is 0.000000192. The normalized spacial score (nSPS) is 19.2. The average molecular weight is 1260 g/mol. The SMILES string of the molecule is CC(C)[C@H](NC(=O)Oc1cc(F)ccc1/C=C1/SC(N2CCCCN2)=NC1=O)C(=O)O.CC(C)[C@H](NC(=O)Oc1cc(F)ccc1/C=C1/SC(N2CCCCN2)=NC1=O)C(=O)OC(C)(C)C.O=C1N=C(N2CCCCN2)S/C1=C\c1ccc(F)cc1O. The van der Waals surface area contributed by atoms with Crippen molar-refractivity contribution in [3.8, 4) is 17.2 Å². The Labute approximate surface area is 513 Å². The van der Waals surface area contributed by atoms with Gasteiger partial charge in [-0.2, -0.15) is 15.0 Å². The van der Waals surface area contributed by atoms with E-state index in [9.17, 15) is 56.9 Å². The molecule has 2 atom stereocenters. The van der Waals surface area contributed by atoms with E-state index in [1.807, 2.05) is 15.0 Å². The Morgan fingerprint density at radius 2 is 0.931 bits per heavy atom. The Morgan fingerprint density at radius 1 is 0.575 bits per heavy atom. The fourth-order valence-electron chi connectivity index (χ4n) is 8.48. The molecule has 0 saturated carbocycles. The molecule has 6 aliphatic heterocycles. The van der Waals surface area contributed by atoms with Gasteiger partial charge in [-0.1, -0.05) is 27.7 Å². The van der Waals surface area contributed by atoms with E-state index in [-0.39, 0.29) is 40.6 Å². The summed E-state index contributed by atoms with van der Waals surface area (Å²) in [5.41, 5.74) is 9.83. The quantitative estimate of drug-likeness (QED) is 0.0699. The number of carbonyl (C=O) groups is 7. The zero-order valence-corrected chi connectivity index (χ0v) is 51.2. The van der Waals surface area contributed by atoms with Crippen LogP contribution < -0.4 is 36.4 Å². The number of hydrogen-bond acceptors (Lipinski definition) is 20. The van der Waals surface area contributed by atoms with Crippen molar-refractivity contribution in [3.05, 3.63) is 103 Å². The second-order valence-electron chi connectivity index (χ2n) is 21.7. The van der Waals surface area contributed by atoms with Crippen LogP contribution in [0, 0.1) is 29.3 Å². The number of esters is 1. The van der Waals surface area contributed by atoms with Gasteiger partial charge in [0.1, 0.15) is 52.4 Å². The lowest BCUT2D eigenvalue weighted by molar-refractivity contribution is -0.158. The number of amidine groups is 3. The van der Waals surface area contributed by atoms with E-state index in [0.29, 0.717) is 41.3 Å². The number of phenols is 1. The number of aliphatic imine (C=N–C) groups is 3. The number of aliphatic carboxylic acids is 1.